The van der Waals surface area contributed by atoms with Gasteiger partial charge in [-0.15, -0.1) is 0 Å². The first kappa shape index (κ1) is 19.2. The van der Waals surface area contributed by atoms with Gasteiger partial charge in [-0.05, 0) is 19.4 Å². The van der Waals surface area contributed by atoms with E-state index in [1.54, 1.807) is 7.11 Å². The number of hydroxylamine groups is 2. The molecule has 23 heavy (non-hydrogen) atoms. The molecule has 1 N–H and O–H groups in total. The lowest BCUT2D eigenvalue weighted by Crippen LogP contribution is -2.42. The Hall–Kier alpha value is -0.110. The molecule has 2 saturated heterocycles. The van der Waals surface area contributed by atoms with Gasteiger partial charge < -0.3 is 19.5 Å². The Morgan fingerprint density at radius 2 is 1.96 bits per heavy atom. The maximum absolute atomic E-state index is 5.96. The third kappa shape index (κ3) is 4.94. The van der Waals surface area contributed by atoms with Crippen molar-refractivity contribution in [2.24, 2.45) is 11.8 Å². The van der Waals surface area contributed by atoms with Gasteiger partial charge in [-0.25, -0.2) is 0 Å². The lowest BCUT2D eigenvalue weighted by atomic mass is 9.85. The number of nitrogens with one attached hydrogen (secondary N) is 1. The Morgan fingerprint density at radius 3 is 2.61 bits per heavy atom. The van der Waals surface area contributed by atoms with E-state index in [1.807, 2.05) is 19.2 Å². The van der Waals surface area contributed by atoms with Crippen LogP contribution in [0.2, 0.25) is 0 Å². The van der Waals surface area contributed by atoms with Crippen LogP contribution in [-0.4, -0.2) is 92.0 Å². The summed E-state index contributed by atoms with van der Waals surface area (Å²) in [5, 5.41) is 5.10. The quantitative estimate of drug-likeness (QED) is 0.481. The van der Waals surface area contributed by atoms with Crippen molar-refractivity contribution in [3.63, 3.8) is 0 Å². The van der Waals surface area contributed by atoms with E-state index in [2.05, 4.69) is 12.2 Å². The van der Waals surface area contributed by atoms with Crippen molar-refractivity contribution in [2.75, 3.05) is 41.0 Å². The molecule has 2 unspecified atom stereocenters. The molecule has 4 radical (unpaired) electrons. The minimum absolute atomic E-state index is 0.0160. The standard InChI is InChI=1S/C15H28B2N2O4/c1-9-14(18-2)12(23-15(9)17)8-21-19(3)6-10-5-13(16)22-11(10)7-20-4/h9-15,18H,5-8H2,1-4H3/t9-,10?,11+,12+,13+,14?,15+/m0/s1. The van der Waals surface area contributed by atoms with Crippen LogP contribution < -0.4 is 5.32 Å². The number of hydrogen-bond donors (Lipinski definition) is 1. The minimum atomic E-state index is -0.251. The molecular formula is C15H28B2N2O4. The molecule has 0 aliphatic carbocycles. The number of nitrogens with zero attached hydrogens (tertiary/aromatic N) is 1. The van der Waals surface area contributed by atoms with E-state index in [0.29, 0.717) is 19.1 Å². The Morgan fingerprint density at radius 1 is 1.22 bits per heavy atom. The minimum Gasteiger partial charge on any atom is -0.382 e. The summed E-state index contributed by atoms with van der Waals surface area (Å²) in [4.78, 5) is 5.85. The van der Waals surface area contributed by atoms with Crippen LogP contribution in [0.5, 0.6) is 0 Å². The Kier molecular flexibility index (Phi) is 7.38. The SMILES string of the molecule is [B][C@@H]1O[C@H](CON(C)CC2C[C@H]([B])O[C@@H]2COC)C(NC)[C@@H]1C. The summed E-state index contributed by atoms with van der Waals surface area (Å²) in [7, 11) is 17.4. The van der Waals surface area contributed by atoms with E-state index in [4.69, 9.17) is 34.7 Å². The zero-order valence-corrected chi connectivity index (χ0v) is 14.6. The number of hydrogen-bond acceptors (Lipinski definition) is 6. The fourth-order valence-corrected chi connectivity index (χ4v) is 3.50. The molecule has 7 atom stereocenters. The van der Waals surface area contributed by atoms with E-state index < -0.39 is 0 Å². The van der Waals surface area contributed by atoms with Gasteiger partial charge in [-0.3, -0.25) is 4.84 Å². The van der Waals surface area contributed by atoms with Gasteiger partial charge in [0.2, 0.25) is 0 Å². The molecular weight excluding hydrogens is 294 g/mol. The van der Waals surface area contributed by atoms with Gasteiger partial charge in [0.15, 0.2) is 0 Å². The van der Waals surface area contributed by atoms with Crippen molar-refractivity contribution < 1.29 is 19.0 Å². The summed E-state index contributed by atoms with van der Waals surface area (Å²) in [5.41, 5.74) is 0. The Bertz CT molecular complexity index is 366. The summed E-state index contributed by atoms with van der Waals surface area (Å²) in [6, 6.07) is -0.277. The van der Waals surface area contributed by atoms with Crippen LogP contribution in [0.3, 0.4) is 0 Å². The van der Waals surface area contributed by atoms with Gasteiger partial charge in [0, 0.05) is 44.7 Å². The van der Waals surface area contributed by atoms with E-state index in [1.165, 1.54) is 0 Å². The molecule has 0 aromatic rings. The molecule has 2 rings (SSSR count). The molecule has 0 aromatic carbocycles. The van der Waals surface area contributed by atoms with Gasteiger partial charge in [0.05, 0.1) is 25.4 Å². The largest absolute Gasteiger partial charge is 0.382 e. The van der Waals surface area contributed by atoms with E-state index in [-0.39, 0.29) is 36.2 Å². The predicted octanol–water partition coefficient (Wildman–Crippen LogP) is -0.487. The molecule has 8 heteroatoms. The maximum Gasteiger partial charge on any atom is 0.109 e. The smallest absolute Gasteiger partial charge is 0.109 e. The van der Waals surface area contributed by atoms with Crippen molar-refractivity contribution in [2.45, 2.75) is 43.6 Å². The first-order valence-corrected chi connectivity index (χ1v) is 8.28. The average molecular weight is 322 g/mol. The first-order chi connectivity index (χ1) is 11.0. The van der Waals surface area contributed by atoms with Gasteiger partial charge in [0.25, 0.3) is 0 Å². The molecule has 2 fully saturated rings. The molecule has 0 spiro atoms. The van der Waals surface area contributed by atoms with Crippen LogP contribution in [-0.2, 0) is 19.0 Å². The molecule has 0 amide bonds. The third-order valence-electron chi connectivity index (χ3n) is 4.84. The van der Waals surface area contributed by atoms with Crippen LogP contribution in [0.4, 0.5) is 0 Å². The summed E-state index contributed by atoms with van der Waals surface area (Å²) in [6.07, 6.45) is 0.773. The molecule has 128 valence electrons. The lowest BCUT2D eigenvalue weighted by Gasteiger charge is -2.26. The molecule has 2 heterocycles. The number of rotatable bonds is 8. The van der Waals surface area contributed by atoms with Crippen LogP contribution in [0, 0.1) is 11.8 Å². The highest BCUT2D eigenvalue weighted by molar-refractivity contribution is 6.11. The van der Waals surface area contributed by atoms with Crippen LogP contribution in [0.15, 0.2) is 0 Å². The predicted molar refractivity (Wildman–Crippen MR) is 89.4 cm³/mol. The summed E-state index contributed by atoms with van der Waals surface area (Å²) in [6.45, 7) is 3.84. The van der Waals surface area contributed by atoms with Gasteiger partial charge in [-0.2, -0.15) is 5.06 Å². The second-order valence-corrected chi connectivity index (χ2v) is 6.58. The van der Waals surface area contributed by atoms with Crippen molar-refractivity contribution in [3.05, 3.63) is 0 Å². The third-order valence-corrected chi connectivity index (χ3v) is 4.84. The molecule has 6 nitrogen and oxygen atoms in total. The molecule has 0 aromatic heterocycles. The van der Waals surface area contributed by atoms with E-state index >= 15 is 0 Å². The topological polar surface area (TPSA) is 52.2 Å². The van der Waals surface area contributed by atoms with Gasteiger partial charge in [0.1, 0.15) is 15.7 Å². The monoisotopic (exact) mass is 322 g/mol. The summed E-state index contributed by atoms with van der Waals surface area (Å²) in [5.74, 6) is 0.548. The Labute approximate surface area is 142 Å². The molecule has 2 aliphatic heterocycles. The van der Waals surface area contributed by atoms with Crippen LogP contribution in [0.25, 0.3) is 0 Å². The zero-order chi connectivity index (χ0) is 17.0. The first-order valence-electron chi connectivity index (χ1n) is 8.28. The zero-order valence-electron chi connectivity index (χ0n) is 14.6. The fourth-order valence-electron chi connectivity index (χ4n) is 3.50. The number of likely N-dealkylation sites (N-methyl/N-ethyl adjacent to an activating group) is 1. The highest BCUT2D eigenvalue weighted by atomic mass is 16.7. The normalized spacial score (nSPS) is 41.0. The van der Waals surface area contributed by atoms with Crippen molar-refractivity contribution in [1.82, 2.24) is 10.4 Å². The van der Waals surface area contributed by atoms with Gasteiger partial charge in [-0.1, -0.05) is 6.92 Å². The van der Waals surface area contributed by atoms with Crippen LogP contribution >= 0.6 is 0 Å². The van der Waals surface area contributed by atoms with Crippen LogP contribution in [0.1, 0.15) is 13.3 Å². The summed E-state index contributed by atoms with van der Waals surface area (Å²) < 4.78 is 16.6. The fraction of sp³-hybridized carbons (Fsp3) is 1.00. The molecule has 0 bridgehead atoms. The second kappa shape index (κ2) is 8.83. The van der Waals surface area contributed by atoms with Crippen molar-refractivity contribution in [1.29, 1.82) is 0 Å². The van der Waals surface area contributed by atoms with Gasteiger partial charge >= 0.3 is 0 Å². The average Bonchev–Trinajstić information content (AvgIpc) is 2.97. The summed E-state index contributed by atoms with van der Waals surface area (Å²) >= 11 is 0. The van der Waals surface area contributed by atoms with Crippen molar-refractivity contribution in [3.8, 4) is 0 Å². The molecule has 0 saturated carbocycles. The van der Waals surface area contributed by atoms with E-state index in [9.17, 15) is 0 Å². The van der Waals surface area contributed by atoms with E-state index in [0.717, 1.165) is 13.0 Å². The molecule has 2 aliphatic rings. The number of methoxy groups -OCH3 is 1. The Balaban J connectivity index is 1.77. The maximum atomic E-state index is 5.96. The highest BCUT2D eigenvalue weighted by Crippen LogP contribution is 2.27. The highest BCUT2D eigenvalue weighted by Gasteiger charge is 2.39. The second-order valence-electron chi connectivity index (χ2n) is 6.58. The van der Waals surface area contributed by atoms with Crippen molar-refractivity contribution >= 4 is 15.7 Å². The number of ether oxygens (including phenoxy) is 3. The lowest BCUT2D eigenvalue weighted by molar-refractivity contribution is -0.175.